The third-order valence-electron chi connectivity index (χ3n) is 9.52. The van der Waals surface area contributed by atoms with Crippen LogP contribution < -0.4 is 0 Å². The fourth-order valence-electron chi connectivity index (χ4n) is 7.52. The maximum atomic E-state index is 5.44. The molecule has 6 aromatic carbocycles. The van der Waals surface area contributed by atoms with Crippen LogP contribution in [-0.2, 0) is 0 Å². The zero-order valence-electron chi connectivity index (χ0n) is 24.9. The number of para-hydroxylation sites is 3. The van der Waals surface area contributed by atoms with Crippen LogP contribution in [0, 0.1) is 0 Å². The number of aromatic nitrogens is 5. The number of nitrogens with zero attached hydrogens (tertiary/aromatic N) is 5. The standard InChI is InChI=1S/C41H23N5S/c1-2-15-28-24(12-1)25-13-4-8-21-33(25)45-37-30-17-5-9-22-34(30)46(40(37)44-39(28)45)41-42-32-20-7-3-16-29(32)36(43-41)31-19-11-18-27-26-14-6-10-23-35(26)47-38(27)31/h1-23H. The van der Waals surface area contributed by atoms with E-state index in [4.69, 9.17) is 15.0 Å². The molecular weight excluding hydrogens is 595 g/mol. The number of imidazole rings is 1. The molecule has 0 radical (unpaired) electrons. The summed E-state index contributed by atoms with van der Waals surface area (Å²) >= 11 is 1.82. The van der Waals surface area contributed by atoms with Crippen molar-refractivity contribution in [1.82, 2.24) is 23.9 Å². The summed E-state index contributed by atoms with van der Waals surface area (Å²) in [6.07, 6.45) is 0. The Hall–Kier alpha value is -6.11. The number of benzene rings is 6. The predicted molar refractivity (Wildman–Crippen MR) is 196 cm³/mol. The first kappa shape index (κ1) is 25.1. The van der Waals surface area contributed by atoms with Crippen molar-refractivity contribution in [2.75, 3.05) is 0 Å². The second-order valence-corrected chi connectivity index (χ2v) is 13.1. The Balaban J connectivity index is 1.30. The summed E-state index contributed by atoms with van der Waals surface area (Å²) < 4.78 is 6.99. The average Bonchev–Trinajstić information content (AvgIpc) is 3.80. The van der Waals surface area contributed by atoms with Crippen LogP contribution in [-0.4, -0.2) is 23.9 Å². The monoisotopic (exact) mass is 617 g/mol. The number of thiophene rings is 1. The summed E-state index contributed by atoms with van der Waals surface area (Å²) in [5.41, 5.74) is 7.92. The van der Waals surface area contributed by atoms with E-state index in [0.717, 1.165) is 60.8 Å². The van der Waals surface area contributed by atoms with E-state index >= 15 is 0 Å². The second kappa shape index (κ2) is 9.22. The van der Waals surface area contributed by atoms with Gasteiger partial charge in [-0.3, -0.25) is 8.97 Å². The SMILES string of the molecule is c1ccc2c(-c3cccc4c3sc3ccccc34)nc(-n3c4ccccc4c4c3nc3c5ccccc5c5ccccc5n34)nc2c1. The molecule has 47 heavy (non-hydrogen) atoms. The zero-order valence-corrected chi connectivity index (χ0v) is 25.7. The molecule has 5 nitrogen and oxygen atoms in total. The van der Waals surface area contributed by atoms with Crippen LogP contribution in [0.4, 0.5) is 0 Å². The Morgan fingerprint density at radius 3 is 1.98 bits per heavy atom. The molecule has 0 fully saturated rings. The van der Waals surface area contributed by atoms with Gasteiger partial charge in [-0.15, -0.1) is 11.3 Å². The lowest BCUT2D eigenvalue weighted by molar-refractivity contribution is 1.00. The van der Waals surface area contributed by atoms with Gasteiger partial charge in [0.25, 0.3) is 0 Å². The molecule has 11 aromatic rings. The molecule has 0 atom stereocenters. The molecule has 0 aliphatic heterocycles. The minimum atomic E-state index is 0.611. The smallest absolute Gasteiger partial charge is 0.237 e. The Morgan fingerprint density at radius 2 is 1.11 bits per heavy atom. The molecule has 0 spiro atoms. The number of hydrogen-bond donors (Lipinski definition) is 0. The first-order valence-electron chi connectivity index (χ1n) is 15.7. The third-order valence-corrected chi connectivity index (χ3v) is 10.7. The van der Waals surface area contributed by atoms with E-state index < -0.39 is 0 Å². The van der Waals surface area contributed by atoms with E-state index in [0.29, 0.717) is 5.95 Å². The molecule has 218 valence electrons. The van der Waals surface area contributed by atoms with Gasteiger partial charge in [0.1, 0.15) is 11.2 Å². The molecule has 0 N–H and O–H groups in total. The topological polar surface area (TPSA) is 48.0 Å². The van der Waals surface area contributed by atoms with Crippen LogP contribution in [0.2, 0.25) is 0 Å². The minimum Gasteiger partial charge on any atom is -0.289 e. The van der Waals surface area contributed by atoms with Crippen molar-refractivity contribution in [3.63, 3.8) is 0 Å². The Bertz CT molecular complexity index is 3090. The molecule has 0 amide bonds. The summed E-state index contributed by atoms with van der Waals surface area (Å²) in [5.74, 6) is 0.611. The highest BCUT2D eigenvalue weighted by molar-refractivity contribution is 7.26. The lowest BCUT2D eigenvalue weighted by Crippen LogP contribution is -2.03. The minimum absolute atomic E-state index is 0.611. The number of fused-ring (bicyclic) bond motifs is 14. The van der Waals surface area contributed by atoms with Crippen LogP contribution in [0.1, 0.15) is 0 Å². The number of pyridine rings is 1. The van der Waals surface area contributed by atoms with Gasteiger partial charge >= 0.3 is 0 Å². The van der Waals surface area contributed by atoms with E-state index in [2.05, 4.69) is 148 Å². The Morgan fingerprint density at radius 1 is 0.447 bits per heavy atom. The van der Waals surface area contributed by atoms with Gasteiger partial charge in [0, 0.05) is 47.3 Å². The molecule has 0 aliphatic carbocycles. The van der Waals surface area contributed by atoms with Gasteiger partial charge in [-0.25, -0.2) is 15.0 Å². The van der Waals surface area contributed by atoms with Crippen molar-refractivity contribution in [1.29, 1.82) is 0 Å². The van der Waals surface area contributed by atoms with Crippen LogP contribution in [0.15, 0.2) is 140 Å². The predicted octanol–water partition coefficient (Wildman–Crippen LogP) is 10.7. The lowest BCUT2D eigenvalue weighted by atomic mass is 10.0. The fraction of sp³-hybridized carbons (Fsp3) is 0. The van der Waals surface area contributed by atoms with Crippen molar-refractivity contribution in [2.45, 2.75) is 0 Å². The Kier molecular flexibility index (Phi) is 4.93. The van der Waals surface area contributed by atoms with E-state index in [1.54, 1.807) is 0 Å². The molecule has 0 saturated heterocycles. The normalized spacial score (nSPS) is 12.3. The molecule has 5 aromatic heterocycles. The van der Waals surface area contributed by atoms with Crippen LogP contribution in [0.5, 0.6) is 0 Å². The summed E-state index contributed by atoms with van der Waals surface area (Å²) in [6, 6.07) is 49.2. The van der Waals surface area contributed by atoms with Gasteiger partial charge < -0.3 is 0 Å². The van der Waals surface area contributed by atoms with E-state index in [-0.39, 0.29) is 0 Å². The highest BCUT2D eigenvalue weighted by Gasteiger charge is 2.24. The Labute approximate surface area is 271 Å². The van der Waals surface area contributed by atoms with E-state index in [9.17, 15) is 0 Å². The molecule has 0 aliphatic rings. The van der Waals surface area contributed by atoms with Crippen molar-refractivity contribution >= 4 is 91.8 Å². The van der Waals surface area contributed by atoms with Crippen molar-refractivity contribution in [3.05, 3.63) is 140 Å². The molecular formula is C41H23N5S. The third kappa shape index (κ3) is 3.34. The summed E-state index contributed by atoms with van der Waals surface area (Å²) in [7, 11) is 0. The molecule has 5 heterocycles. The number of rotatable bonds is 2. The average molecular weight is 618 g/mol. The fourth-order valence-corrected chi connectivity index (χ4v) is 8.74. The second-order valence-electron chi connectivity index (χ2n) is 12.0. The molecule has 11 rings (SSSR count). The van der Waals surface area contributed by atoms with Crippen LogP contribution >= 0.6 is 11.3 Å². The number of hydrogen-bond acceptors (Lipinski definition) is 4. The van der Waals surface area contributed by atoms with E-state index in [1.165, 1.54) is 30.9 Å². The van der Waals surface area contributed by atoms with Crippen molar-refractivity contribution in [3.8, 4) is 17.2 Å². The molecule has 6 heteroatoms. The van der Waals surface area contributed by atoms with Gasteiger partial charge in [-0.1, -0.05) is 115 Å². The van der Waals surface area contributed by atoms with Gasteiger partial charge in [0.05, 0.1) is 22.2 Å². The van der Waals surface area contributed by atoms with E-state index in [1.807, 2.05) is 11.3 Å². The van der Waals surface area contributed by atoms with Gasteiger partial charge in [0.15, 0.2) is 5.65 Å². The largest absolute Gasteiger partial charge is 0.289 e. The van der Waals surface area contributed by atoms with Crippen LogP contribution in [0.25, 0.3) is 97.7 Å². The van der Waals surface area contributed by atoms with Crippen LogP contribution in [0.3, 0.4) is 0 Å². The maximum Gasteiger partial charge on any atom is 0.237 e. The summed E-state index contributed by atoms with van der Waals surface area (Å²) in [5, 5.41) is 8.18. The quantitative estimate of drug-likeness (QED) is 0.181. The first-order valence-corrected chi connectivity index (χ1v) is 16.5. The highest BCUT2D eigenvalue weighted by atomic mass is 32.1. The van der Waals surface area contributed by atoms with Gasteiger partial charge in [-0.2, -0.15) is 0 Å². The summed E-state index contributed by atoms with van der Waals surface area (Å²) in [6.45, 7) is 0. The molecule has 0 saturated carbocycles. The van der Waals surface area contributed by atoms with Crippen molar-refractivity contribution in [2.24, 2.45) is 0 Å². The van der Waals surface area contributed by atoms with Crippen molar-refractivity contribution < 1.29 is 0 Å². The van der Waals surface area contributed by atoms with Gasteiger partial charge in [0.2, 0.25) is 5.95 Å². The maximum absolute atomic E-state index is 5.44. The summed E-state index contributed by atoms with van der Waals surface area (Å²) in [4.78, 5) is 16.1. The molecule has 0 unspecified atom stereocenters. The highest BCUT2D eigenvalue weighted by Crippen LogP contribution is 2.42. The van der Waals surface area contributed by atoms with Gasteiger partial charge in [-0.05, 0) is 29.7 Å². The molecule has 0 bridgehead atoms. The lowest BCUT2D eigenvalue weighted by Gasteiger charge is -2.11. The zero-order chi connectivity index (χ0) is 30.6. The first-order chi connectivity index (χ1) is 23.3.